The quantitative estimate of drug-likeness (QED) is 0.167. The Morgan fingerprint density at radius 2 is 0.847 bits per heavy atom. The molecular weight excluding hydrogens is 893 g/mol. The van der Waals surface area contributed by atoms with Crippen LogP contribution in [-0.2, 0) is 5.41 Å². The van der Waals surface area contributed by atoms with Gasteiger partial charge in [0.2, 0.25) is 0 Å². The first-order chi connectivity index (χ1) is 35.4. The number of aromatic nitrogens is 4. The Hall–Kier alpha value is -8.90. The second-order valence-corrected chi connectivity index (χ2v) is 20.8. The molecule has 5 heteroatoms. The van der Waals surface area contributed by atoms with Crippen LogP contribution in [0.25, 0.3) is 131 Å². The number of benzene rings is 10. The van der Waals surface area contributed by atoms with E-state index in [1.165, 1.54) is 75.1 Å². The van der Waals surface area contributed by atoms with Gasteiger partial charge in [-0.15, -0.1) is 11.3 Å². The van der Waals surface area contributed by atoms with Crippen LogP contribution in [0.4, 0.5) is 0 Å². The third-order valence-electron chi connectivity index (χ3n) is 15.3. The van der Waals surface area contributed by atoms with E-state index in [1.54, 1.807) is 0 Å². The monoisotopic (exact) mass is 936 g/mol. The summed E-state index contributed by atoms with van der Waals surface area (Å²) >= 11 is 1.86. The number of rotatable bonds is 6. The summed E-state index contributed by atoms with van der Waals surface area (Å²) in [6.07, 6.45) is 0. The molecule has 0 N–H and O–H groups in total. The minimum atomic E-state index is -0.152. The third kappa shape index (κ3) is 6.17. The van der Waals surface area contributed by atoms with Crippen LogP contribution in [-0.4, -0.2) is 19.1 Å². The standard InChI is InChI=1S/C67H44N4S/c1-67(2)56-23-11-6-18-48(56)49-31-28-44(38-57(49)67)58-40-59(69-66(68-58)41-16-4-3-5-17-41)45-34-46(70-60-24-12-7-19-50(60)51-20-8-13-25-61(51)70)39-47(35-45)71-62-26-14-9-21-52(62)54-36-42(29-32-63(54)71)43-30-33-65-55(37-43)53-22-10-15-27-64(53)72-65/h3-40H,1-2H3. The van der Waals surface area contributed by atoms with Gasteiger partial charge in [-0.05, 0) is 112 Å². The predicted molar refractivity (Wildman–Crippen MR) is 303 cm³/mol. The fraction of sp³-hybridized carbons (Fsp3) is 0.0448. The maximum Gasteiger partial charge on any atom is 0.160 e. The van der Waals surface area contributed by atoms with Crippen LogP contribution in [0.5, 0.6) is 0 Å². The van der Waals surface area contributed by atoms with Crippen molar-refractivity contribution in [2.45, 2.75) is 19.3 Å². The Morgan fingerprint density at radius 3 is 1.56 bits per heavy atom. The molecule has 0 saturated carbocycles. The summed E-state index contributed by atoms with van der Waals surface area (Å²) in [5.74, 6) is 0.688. The van der Waals surface area contributed by atoms with Crippen LogP contribution in [0, 0.1) is 0 Å². The topological polar surface area (TPSA) is 35.6 Å². The summed E-state index contributed by atoms with van der Waals surface area (Å²) < 4.78 is 7.50. The summed E-state index contributed by atoms with van der Waals surface area (Å²) in [6, 6.07) is 84.4. The summed E-state index contributed by atoms with van der Waals surface area (Å²) in [7, 11) is 0. The molecule has 4 heterocycles. The van der Waals surface area contributed by atoms with Gasteiger partial charge in [-0.25, -0.2) is 9.97 Å². The predicted octanol–water partition coefficient (Wildman–Crippen LogP) is 18.0. The molecule has 1 aliphatic carbocycles. The van der Waals surface area contributed by atoms with Crippen molar-refractivity contribution in [2.24, 2.45) is 0 Å². The lowest BCUT2D eigenvalue weighted by atomic mass is 9.82. The maximum atomic E-state index is 5.48. The molecule has 4 nitrogen and oxygen atoms in total. The summed E-state index contributed by atoms with van der Waals surface area (Å²) in [6.45, 7) is 4.68. The van der Waals surface area contributed by atoms with Crippen molar-refractivity contribution in [1.82, 2.24) is 19.1 Å². The lowest BCUT2D eigenvalue weighted by molar-refractivity contribution is 0.660. The SMILES string of the molecule is CC1(C)c2ccccc2-c2ccc(-c3cc(-c4cc(-n5c6ccccc6c6ccccc65)cc(-n5c6ccccc6c6cc(-c7ccc8sc9ccccc9c8c7)ccc65)c4)nc(-c4ccccc4)n3)cc21. The molecular formula is C67H44N4S. The lowest BCUT2D eigenvalue weighted by Gasteiger charge is -2.22. The minimum Gasteiger partial charge on any atom is -0.309 e. The largest absolute Gasteiger partial charge is 0.309 e. The Labute approximate surface area is 420 Å². The Kier molecular flexibility index (Phi) is 8.84. The summed E-state index contributed by atoms with van der Waals surface area (Å²) in [4.78, 5) is 10.9. The van der Waals surface area contributed by atoms with Gasteiger partial charge in [-0.1, -0.05) is 166 Å². The Morgan fingerprint density at radius 1 is 0.333 bits per heavy atom. The van der Waals surface area contributed by atoms with Gasteiger partial charge in [0.25, 0.3) is 0 Å². The molecule has 1 aliphatic rings. The molecule has 4 aromatic heterocycles. The zero-order chi connectivity index (χ0) is 47.7. The van der Waals surface area contributed by atoms with E-state index in [4.69, 9.17) is 9.97 Å². The fourth-order valence-corrected chi connectivity index (χ4v) is 12.9. The zero-order valence-corrected chi connectivity index (χ0v) is 40.5. The van der Waals surface area contributed by atoms with Crippen molar-refractivity contribution in [3.05, 3.63) is 242 Å². The molecule has 14 aromatic rings. The van der Waals surface area contributed by atoms with E-state index in [9.17, 15) is 0 Å². The van der Waals surface area contributed by atoms with Gasteiger partial charge in [0.15, 0.2) is 5.82 Å². The molecule has 10 aromatic carbocycles. The molecule has 72 heavy (non-hydrogen) atoms. The highest BCUT2D eigenvalue weighted by molar-refractivity contribution is 7.25. The number of hydrogen-bond acceptors (Lipinski definition) is 3. The lowest BCUT2D eigenvalue weighted by Crippen LogP contribution is -2.14. The van der Waals surface area contributed by atoms with Crippen LogP contribution < -0.4 is 0 Å². The van der Waals surface area contributed by atoms with E-state index in [2.05, 4.69) is 254 Å². The molecule has 0 bridgehead atoms. The smallest absolute Gasteiger partial charge is 0.160 e. The van der Waals surface area contributed by atoms with E-state index < -0.39 is 0 Å². The third-order valence-corrected chi connectivity index (χ3v) is 16.5. The average Bonchev–Trinajstić information content (AvgIpc) is 4.15. The molecule has 0 spiro atoms. The molecule has 338 valence electrons. The van der Waals surface area contributed by atoms with Crippen molar-refractivity contribution in [2.75, 3.05) is 0 Å². The van der Waals surface area contributed by atoms with Gasteiger partial charge in [-0.2, -0.15) is 0 Å². The van der Waals surface area contributed by atoms with E-state index in [0.717, 1.165) is 61.5 Å². The van der Waals surface area contributed by atoms with Crippen molar-refractivity contribution >= 4 is 75.1 Å². The van der Waals surface area contributed by atoms with Gasteiger partial charge in [0, 0.05) is 75.2 Å². The summed E-state index contributed by atoms with van der Waals surface area (Å²) in [5, 5.41) is 7.46. The first kappa shape index (κ1) is 40.9. The van der Waals surface area contributed by atoms with Crippen molar-refractivity contribution < 1.29 is 0 Å². The van der Waals surface area contributed by atoms with Crippen LogP contribution in [0.1, 0.15) is 25.0 Å². The van der Waals surface area contributed by atoms with Crippen LogP contribution >= 0.6 is 11.3 Å². The summed E-state index contributed by atoms with van der Waals surface area (Å²) in [5.41, 5.74) is 19.0. The maximum absolute atomic E-state index is 5.48. The van der Waals surface area contributed by atoms with Crippen molar-refractivity contribution in [1.29, 1.82) is 0 Å². The van der Waals surface area contributed by atoms with E-state index in [1.807, 2.05) is 11.3 Å². The van der Waals surface area contributed by atoms with Crippen LogP contribution in [0.2, 0.25) is 0 Å². The van der Waals surface area contributed by atoms with E-state index in [0.29, 0.717) is 5.82 Å². The van der Waals surface area contributed by atoms with Gasteiger partial charge in [-0.3, -0.25) is 0 Å². The van der Waals surface area contributed by atoms with Crippen LogP contribution in [0.15, 0.2) is 231 Å². The normalized spacial score (nSPS) is 13.0. The Balaban J connectivity index is 0.971. The van der Waals surface area contributed by atoms with Gasteiger partial charge in [0.05, 0.1) is 33.5 Å². The highest BCUT2D eigenvalue weighted by atomic mass is 32.1. The second-order valence-electron chi connectivity index (χ2n) is 19.8. The van der Waals surface area contributed by atoms with Crippen LogP contribution in [0.3, 0.4) is 0 Å². The number of fused-ring (bicyclic) bond motifs is 12. The first-order valence-corrected chi connectivity index (χ1v) is 25.5. The van der Waals surface area contributed by atoms with Gasteiger partial charge < -0.3 is 9.13 Å². The highest BCUT2D eigenvalue weighted by Crippen LogP contribution is 2.50. The average molecular weight is 937 g/mol. The fourth-order valence-electron chi connectivity index (χ4n) is 11.9. The van der Waals surface area contributed by atoms with Crippen molar-refractivity contribution in [3.63, 3.8) is 0 Å². The molecule has 0 unspecified atom stereocenters. The van der Waals surface area contributed by atoms with E-state index >= 15 is 0 Å². The molecule has 0 fully saturated rings. The zero-order valence-electron chi connectivity index (χ0n) is 39.6. The number of nitrogens with zero attached hydrogens (tertiary/aromatic N) is 4. The molecule has 0 atom stereocenters. The Bertz CT molecular complexity index is 4500. The minimum absolute atomic E-state index is 0.152. The molecule has 0 saturated heterocycles. The van der Waals surface area contributed by atoms with Gasteiger partial charge in [0.1, 0.15) is 0 Å². The number of para-hydroxylation sites is 3. The molecule has 0 aliphatic heterocycles. The van der Waals surface area contributed by atoms with Crippen molar-refractivity contribution in [3.8, 4) is 67.5 Å². The van der Waals surface area contributed by atoms with E-state index in [-0.39, 0.29) is 5.41 Å². The number of thiophene rings is 1. The highest BCUT2D eigenvalue weighted by Gasteiger charge is 2.35. The first-order valence-electron chi connectivity index (χ1n) is 24.7. The number of hydrogen-bond donors (Lipinski definition) is 0. The second kappa shape index (κ2) is 15.6. The molecule has 15 rings (SSSR count). The molecule has 0 radical (unpaired) electrons. The van der Waals surface area contributed by atoms with Gasteiger partial charge >= 0.3 is 0 Å². The molecule has 0 amide bonds.